The zero-order valence-corrected chi connectivity index (χ0v) is 12.4. The first kappa shape index (κ1) is 13.6. The van der Waals surface area contributed by atoms with Gasteiger partial charge in [0.25, 0.3) is 0 Å². The Labute approximate surface area is 129 Å². The molecule has 1 heterocycles. The molecule has 0 radical (unpaired) electrons. The summed E-state index contributed by atoms with van der Waals surface area (Å²) >= 11 is 3.35. The van der Waals surface area contributed by atoms with Crippen molar-refractivity contribution in [3.8, 4) is 11.5 Å². The van der Waals surface area contributed by atoms with Crippen molar-refractivity contribution >= 4 is 32.8 Å². The first-order valence-electron chi connectivity index (χ1n) is 6.19. The van der Waals surface area contributed by atoms with E-state index in [-0.39, 0.29) is 5.56 Å². The molecular weight excluding hydrogens is 334 g/mol. The molecule has 0 spiro atoms. The number of aromatic carboxylic acids is 1. The Morgan fingerprint density at radius 1 is 1.10 bits per heavy atom. The van der Waals surface area contributed by atoms with Gasteiger partial charge in [0.2, 0.25) is 0 Å². The minimum absolute atomic E-state index is 0.0385. The van der Waals surface area contributed by atoms with Gasteiger partial charge in [0.05, 0.1) is 5.52 Å². The highest BCUT2D eigenvalue weighted by Gasteiger charge is 2.16. The van der Waals surface area contributed by atoms with Crippen LogP contribution in [0.1, 0.15) is 10.4 Å². The Bertz CT molecular complexity index is 815. The molecule has 1 aromatic heterocycles. The van der Waals surface area contributed by atoms with Crippen molar-refractivity contribution in [3.63, 3.8) is 0 Å². The summed E-state index contributed by atoms with van der Waals surface area (Å²) in [5, 5.41) is 9.99. The smallest absolute Gasteiger partial charge is 0.341 e. The second-order valence-electron chi connectivity index (χ2n) is 4.38. The van der Waals surface area contributed by atoms with Gasteiger partial charge in [-0.25, -0.2) is 4.79 Å². The van der Waals surface area contributed by atoms with Gasteiger partial charge in [-0.05, 0) is 36.4 Å². The van der Waals surface area contributed by atoms with Gasteiger partial charge < -0.3 is 9.84 Å². The van der Waals surface area contributed by atoms with Gasteiger partial charge in [-0.1, -0.05) is 28.1 Å². The number of carboxylic acids is 1. The number of ether oxygens (including phenoxy) is 1. The molecule has 0 unspecified atom stereocenters. The number of hydrogen-bond donors (Lipinski definition) is 1. The minimum Gasteiger partial charge on any atom is -0.477 e. The van der Waals surface area contributed by atoms with Crippen molar-refractivity contribution in [1.82, 2.24) is 4.98 Å². The molecule has 21 heavy (non-hydrogen) atoms. The molecule has 4 nitrogen and oxygen atoms in total. The molecule has 0 saturated carbocycles. The zero-order valence-electron chi connectivity index (χ0n) is 10.8. The van der Waals surface area contributed by atoms with Crippen molar-refractivity contribution in [1.29, 1.82) is 0 Å². The summed E-state index contributed by atoms with van der Waals surface area (Å²) in [6.45, 7) is 0. The number of pyridine rings is 1. The standard InChI is InChI=1S/C16H10BrNO3/c17-10-5-7-11(8-6-10)21-15-12-3-1-2-4-14(12)18-9-13(15)16(19)20/h1-9H,(H,19,20). The van der Waals surface area contributed by atoms with E-state index in [1.54, 1.807) is 18.2 Å². The number of halogens is 1. The van der Waals surface area contributed by atoms with Gasteiger partial charge in [0, 0.05) is 16.1 Å². The Hall–Kier alpha value is -2.40. The molecule has 3 rings (SSSR count). The summed E-state index contributed by atoms with van der Waals surface area (Å²) in [7, 11) is 0. The molecule has 0 aliphatic carbocycles. The van der Waals surface area contributed by atoms with Crippen molar-refractivity contribution in [3.05, 3.63) is 64.8 Å². The van der Waals surface area contributed by atoms with Gasteiger partial charge in [0.1, 0.15) is 11.3 Å². The normalized spacial score (nSPS) is 10.5. The molecule has 104 valence electrons. The van der Waals surface area contributed by atoms with Crippen molar-refractivity contribution in [2.45, 2.75) is 0 Å². The van der Waals surface area contributed by atoms with Crippen LogP contribution in [-0.2, 0) is 0 Å². The summed E-state index contributed by atoms with van der Waals surface area (Å²) in [4.78, 5) is 15.5. The number of carbonyl (C=O) groups is 1. The van der Waals surface area contributed by atoms with Crippen LogP contribution in [-0.4, -0.2) is 16.1 Å². The van der Waals surface area contributed by atoms with Crippen LogP contribution in [0.2, 0.25) is 0 Å². The van der Waals surface area contributed by atoms with Crippen LogP contribution in [0.15, 0.2) is 59.2 Å². The third-order valence-corrected chi connectivity index (χ3v) is 3.52. The van der Waals surface area contributed by atoms with Gasteiger partial charge >= 0.3 is 5.97 Å². The number of aromatic nitrogens is 1. The molecule has 3 aromatic rings. The van der Waals surface area contributed by atoms with E-state index in [0.29, 0.717) is 22.4 Å². The van der Waals surface area contributed by atoms with Crippen LogP contribution in [0.25, 0.3) is 10.9 Å². The molecule has 1 N–H and O–H groups in total. The van der Waals surface area contributed by atoms with E-state index in [4.69, 9.17) is 4.74 Å². The molecular formula is C16H10BrNO3. The van der Waals surface area contributed by atoms with E-state index in [1.165, 1.54) is 6.20 Å². The lowest BCUT2D eigenvalue weighted by Crippen LogP contribution is -2.02. The summed E-state index contributed by atoms with van der Waals surface area (Å²) in [5.74, 6) is -0.201. The summed E-state index contributed by atoms with van der Waals surface area (Å²) in [5.41, 5.74) is 0.728. The highest BCUT2D eigenvalue weighted by Crippen LogP contribution is 2.32. The fourth-order valence-electron chi connectivity index (χ4n) is 2.00. The number of fused-ring (bicyclic) bond motifs is 1. The third kappa shape index (κ3) is 2.73. The maximum atomic E-state index is 11.4. The second-order valence-corrected chi connectivity index (χ2v) is 5.29. The predicted molar refractivity (Wildman–Crippen MR) is 82.9 cm³/mol. The number of para-hydroxylation sites is 1. The van der Waals surface area contributed by atoms with Crippen LogP contribution in [0.3, 0.4) is 0 Å². The summed E-state index contributed by atoms with van der Waals surface area (Å²) in [6.07, 6.45) is 1.32. The average molecular weight is 344 g/mol. The van der Waals surface area contributed by atoms with Crippen molar-refractivity contribution < 1.29 is 14.6 Å². The van der Waals surface area contributed by atoms with Crippen molar-refractivity contribution in [2.75, 3.05) is 0 Å². The monoisotopic (exact) mass is 343 g/mol. The molecule has 0 aliphatic rings. The van der Waals surface area contributed by atoms with E-state index in [2.05, 4.69) is 20.9 Å². The second kappa shape index (κ2) is 5.54. The molecule has 0 fully saturated rings. The largest absolute Gasteiger partial charge is 0.477 e. The summed E-state index contributed by atoms with van der Waals surface area (Å²) < 4.78 is 6.72. The number of carboxylic acid groups (broad SMARTS) is 1. The Kier molecular flexibility index (Phi) is 3.58. The minimum atomic E-state index is -1.07. The van der Waals surface area contributed by atoms with Gasteiger partial charge in [-0.3, -0.25) is 4.98 Å². The maximum absolute atomic E-state index is 11.4. The van der Waals surface area contributed by atoms with E-state index in [1.807, 2.05) is 30.3 Å². The van der Waals surface area contributed by atoms with Crippen molar-refractivity contribution in [2.24, 2.45) is 0 Å². The fraction of sp³-hybridized carbons (Fsp3) is 0. The zero-order chi connectivity index (χ0) is 14.8. The topological polar surface area (TPSA) is 59.4 Å². The van der Waals surface area contributed by atoms with Crippen LogP contribution < -0.4 is 4.74 Å². The predicted octanol–water partition coefficient (Wildman–Crippen LogP) is 4.49. The first-order valence-corrected chi connectivity index (χ1v) is 6.99. The molecule has 2 aromatic carbocycles. The van der Waals surface area contributed by atoms with Gasteiger partial charge in [0.15, 0.2) is 5.75 Å². The van der Waals surface area contributed by atoms with Crippen LogP contribution in [0.4, 0.5) is 0 Å². The Morgan fingerprint density at radius 2 is 1.81 bits per heavy atom. The van der Waals surface area contributed by atoms with Gasteiger partial charge in [-0.2, -0.15) is 0 Å². The Balaban J connectivity index is 2.16. The summed E-state index contributed by atoms with van der Waals surface area (Å²) in [6, 6.07) is 14.5. The van der Waals surface area contributed by atoms with Crippen LogP contribution in [0, 0.1) is 0 Å². The molecule has 0 atom stereocenters. The molecule has 0 saturated heterocycles. The number of rotatable bonds is 3. The highest BCUT2D eigenvalue weighted by molar-refractivity contribution is 9.10. The Morgan fingerprint density at radius 3 is 2.52 bits per heavy atom. The van der Waals surface area contributed by atoms with E-state index >= 15 is 0 Å². The maximum Gasteiger partial charge on any atom is 0.341 e. The lowest BCUT2D eigenvalue weighted by Gasteiger charge is -2.11. The number of hydrogen-bond acceptors (Lipinski definition) is 3. The van der Waals surface area contributed by atoms with Gasteiger partial charge in [-0.15, -0.1) is 0 Å². The third-order valence-electron chi connectivity index (χ3n) is 2.99. The quantitative estimate of drug-likeness (QED) is 0.761. The highest BCUT2D eigenvalue weighted by atomic mass is 79.9. The van der Waals surface area contributed by atoms with Crippen LogP contribution in [0.5, 0.6) is 11.5 Å². The SMILES string of the molecule is O=C(O)c1cnc2ccccc2c1Oc1ccc(Br)cc1. The first-order chi connectivity index (χ1) is 10.1. The lowest BCUT2D eigenvalue weighted by atomic mass is 10.1. The fourth-order valence-corrected chi connectivity index (χ4v) is 2.26. The molecule has 5 heteroatoms. The van der Waals surface area contributed by atoms with E-state index in [9.17, 15) is 9.90 Å². The van der Waals surface area contributed by atoms with E-state index in [0.717, 1.165) is 4.47 Å². The molecule has 0 bridgehead atoms. The lowest BCUT2D eigenvalue weighted by molar-refractivity contribution is 0.0694. The molecule has 0 aliphatic heterocycles. The number of nitrogens with zero attached hydrogens (tertiary/aromatic N) is 1. The van der Waals surface area contributed by atoms with E-state index < -0.39 is 5.97 Å². The number of benzene rings is 2. The average Bonchev–Trinajstić information content (AvgIpc) is 2.49. The molecule has 0 amide bonds. The van der Waals surface area contributed by atoms with Crippen LogP contribution >= 0.6 is 15.9 Å².